The number of nitrogens with zero attached hydrogens (tertiary/aromatic N) is 2. The lowest BCUT2D eigenvalue weighted by molar-refractivity contribution is 0.0909. The molecule has 2 aromatic rings. The second-order valence-electron chi connectivity index (χ2n) is 6.71. The van der Waals surface area contributed by atoms with Crippen LogP contribution in [0.3, 0.4) is 0 Å². The molecule has 0 spiro atoms. The van der Waals surface area contributed by atoms with Gasteiger partial charge in [0.05, 0.1) is 11.6 Å². The number of nitriles is 1. The molecule has 1 amide bonds. The molecule has 2 aromatic carbocycles. The number of piperidine rings is 1. The Hall–Kier alpha value is -2.38. The van der Waals surface area contributed by atoms with Gasteiger partial charge in [0.15, 0.2) is 0 Å². The standard InChI is InChI=1S/C19H19N3O/c20-10-13-1-2-15-3-4-16(9-17(15)7-13)19(23)21-18-8-14-5-6-22(11-14)12-18/h1-4,7,9,14,18H,5-6,8,11-12H2,(H,21,23)/t14-,18-/m1/s1. The van der Waals surface area contributed by atoms with Crippen LogP contribution in [0.2, 0.25) is 0 Å². The van der Waals surface area contributed by atoms with Crippen LogP contribution in [0, 0.1) is 17.2 Å². The van der Waals surface area contributed by atoms with E-state index in [1.165, 1.54) is 19.5 Å². The topological polar surface area (TPSA) is 56.1 Å². The maximum absolute atomic E-state index is 12.6. The van der Waals surface area contributed by atoms with Crippen molar-refractivity contribution in [2.45, 2.75) is 18.9 Å². The molecule has 3 atom stereocenters. The monoisotopic (exact) mass is 305 g/mol. The third-order valence-electron chi connectivity index (χ3n) is 5.03. The molecule has 4 heteroatoms. The van der Waals surface area contributed by atoms with Gasteiger partial charge in [0.2, 0.25) is 0 Å². The van der Waals surface area contributed by atoms with Gasteiger partial charge in [0.1, 0.15) is 0 Å². The van der Waals surface area contributed by atoms with Crippen molar-refractivity contribution in [1.82, 2.24) is 10.2 Å². The highest BCUT2D eigenvalue weighted by molar-refractivity contribution is 5.99. The van der Waals surface area contributed by atoms with Gasteiger partial charge in [-0.1, -0.05) is 12.1 Å². The van der Waals surface area contributed by atoms with Crippen LogP contribution in [0.25, 0.3) is 10.8 Å². The molecule has 0 aromatic heterocycles. The quantitative estimate of drug-likeness (QED) is 0.927. The summed E-state index contributed by atoms with van der Waals surface area (Å²) >= 11 is 0. The van der Waals surface area contributed by atoms with E-state index in [9.17, 15) is 4.79 Å². The minimum atomic E-state index is -0.0123. The summed E-state index contributed by atoms with van der Waals surface area (Å²) in [5.74, 6) is 0.727. The molecule has 2 bridgehead atoms. The zero-order valence-electron chi connectivity index (χ0n) is 13.0. The number of hydrogen-bond acceptors (Lipinski definition) is 3. The molecule has 23 heavy (non-hydrogen) atoms. The van der Waals surface area contributed by atoms with Crippen molar-refractivity contribution >= 4 is 16.7 Å². The number of rotatable bonds is 2. The fourth-order valence-electron chi connectivity index (χ4n) is 3.89. The van der Waals surface area contributed by atoms with Crippen molar-refractivity contribution in [2.24, 2.45) is 5.92 Å². The van der Waals surface area contributed by atoms with E-state index in [-0.39, 0.29) is 11.9 Å². The second kappa shape index (κ2) is 5.68. The Kier molecular flexibility index (Phi) is 3.51. The molecule has 4 nitrogen and oxygen atoms in total. The minimum absolute atomic E-state index is 0.0123. The number of carbonyl (C=O) groups excluding carboxylic acids is 1. The van der Waals surface area contributed by atoms with E-state index in [2.05, 4.69) is 16.3 Å². The Balaban J connectivity index is 1.53. The summed E-state index contributed by atoms with van der Waals surface area (Å²) in [6, 6.07) is 13.6. The number of carbonyl (C=O) groups is 1. The SMILES string of the molecule is N#Cc1ccc2ccc(C(=O)N[C@@H]3C[C@H]4CCN(C4)C3)cc2c1. The van der Waals surface area contributed by atoms with E-state index in [4.69, 9.17) is 5.26 Å². The lowest BCUT2D eigenvalue weighted by atomic mass is 9.96. The molecule has 0 saturated carbocycles. The molecule has 2 aliphatic heterocycles. The summed E-state index contributed by atoms with van der Waals surface area (Å²) in [6.07, 6.45) is 2.35. The van der Waals surface area contributed by atoms with Gasteiger partial charge in [-0.05, 0) is 60.3 Å². The third kappa shape index (κ3) is 2.80. The molecule has 1 unspecified atom stereocenters. The van der Waals surface area contributed by atoms with Crippen molar-refractivity contribution in [3.63, 3.8) is 0 Å². The average Bonchev–Trinajstić information content (AvgIpc) is 2.92. The first kappa shape index (κ1) is 14.2. The molecular formula is C19H19N3O. The molecule has 2 heterocycles. The van der Waals surface area contributed by atoms with E-state index in [1.54, 1.807) is 6.07 Å². The van der Waals surface area contributed by atoms with Crippen molar-refractivity contribution < 1.29 is 4.79 Å². The Morgan fingerprint density at radius 2 is 2.04 bits per heavy atom. The molecular weight excluding hydrogens is 286 g/mol. The summed E-state index contributed by atoms with van der Waals surface area (Å²) in [6.45, 7) is 3.33. The number of amides is 1. The molecule has 2 aliphatic rings. The van der Waals surface area contributed by atoms with Gasteiger partial charge in [-0.3, -0.25) is 4.79 Å². The van der Waals surface area contributed by atoms with Crippen LogP contribution < -0.4 is 5.32 Å². The zero-order valence-corrected chi connectivity index (χ0v) is 13.0. The maximum atomic E-state index is 12.6. The highest BCUT2D eigenvalue weighted by atomic mass is 16.1. The summed E-state index contributed by atoms with van der Waals surface area (Å²) in [7, 11) is 0. The van der Waals surface area contributed by atoms with E-state index in [0.717, 1.165) is 29.7 Å². The van der Waals surface area contributed by atoms with Crippen molar-refractivity contribution in [3.05, 3.63) is 47.5 Å². The Morgan fingerprint density at radius 1 is 1.17 bits per heavy atom. The Labute approximate surface area is 135 Å². The molecule has 4 rings (SSSR count). The first-order valence-corrected chi connectivity index (χ1v) is 8.18. The lowest BCUT2D eigenvalue weighted by Gasteiger charge is -2.30. The molecule has 0 aliphatic carbocycles. The minimum Gasteiger partial charge on any atom is -0.348 e. The third-order valence-corrected chi connectivity index (χ3v) is 5.03. The number of benzene rings is 2. The molecule has 2 saturated heterocycles. The zero-order chi connectivity index (χ0) is 15.8. The summed E-state index contributed by atoms with van der Waals surface area (Å²) < 4.78 is 0. The molecule has 2 fully saturated rings. The maximum Gasteiger partial charge on any atom is 0.251 e. The normalized spacial score (nSPS) is 26.0. The van der Waals surface area contributed by atoms with E-state index in [0.29, 0.717) is 11.1 Å². The van der Waals surface area contributed by atoms with E-state index in [1.807, 2.05) is 30.3 Å². The Bertz CT molecular complexity index is 796. The molecule has 0 radical (unpaired) electrons. The van der Waals surface area contributed by atoms with Gasteiger partial charge in [0.25, 0.3) is 5.91 Å². The van der Waals surface area contributed by atoms with Gasteiger partial charge in [-0.2, -0.15) is 5.26 Å². The van der Waals surface area contributed by atoms with Crippen LogP contribution in [0.1, 0.15) is 28.8 Å². The Morgan fingerprint density at radius 3 is 2.87 bits per heavy atom. The van der Waals surface area contributed by atoms with Crippen LogP contribution in [-0.4, -0.2) is 36.5 Å². The highest BCUT2D eigenvalue weighted by Crippen LogP contribution is 2.27. The van der Waals surface area contributed by atoms with Crippen LogP contribution in [0.4, 0.5) is 0 Å². The van der Waals surface area contributed by atoms with Gasteiger partial charge < -0.3 is 10.2 Å². The van der Waals surface area contributed by atoms with Crippen molar-refractivity contribution in [1.29, 1.82) is 5.26 Å². The fraction of sp³-hybridized carbons (Fsp3) is 0.368. The molecule has 116 valence electrons. The van der Waals surface area contributed by atoms with Gasteiger partial charge in [-0.25, -0.2) is 0 Å². The largest absolute Gasteiger partial charge is 0.348 e. The van der Waals surface area contributed by atoms with Gasteiger partial charge in [0, 0.05) is 24.7 Å². The van der Waals surface area contributed by atoms with Crippen LogP contribution in [0.15, 0.2) is 36.4 Å². The lowest BCUT2D eigenvalue weighted by Crippen LogP contribution is -2.47. The summed E-state index contributed by atoms with van der Waals surface area (Å²) in [5.41, 5.74) is 1.28. The first-order chi connectivity index (χ1) is 11.2. The smallest absolute Gasteiger partial charge is 0.251 e. The number of fused-ring (bicyclic) bond motifs is 3. The average molecular weight is 305 g/mol. The predicted molar refractivity (Wildman–Crippen MR) is 89.1 cm³/mol. The highest BCUT2D eigenvalue weighted by Gasteiger charge is 2.32. The predicted octanol–water partition coefficient (Wildman–Crippen LogP) is 2.54. The van der Waals surface area contributed by atoms with E-state index < -0.39 is 0 Å². The number of hydrogen-bond donors (Lipinski definition) is 1. The summed E-state index contributed by atoms with van der Waals surface area (Å²) in [5, 5.41) is 14.2. The fourth-order valence-corrected chi connectivity index (χ4v) is 3.89. The van der Waals surface area contributed by atoms with E-state index >= 15 is 0 Å². The van der Waals surface area contributed by atoms with Gasteiger partial charge >= 0.3 is 0 Å². The van der Waals surface area contributed by atoms with Crippen molar-refractivity contribution in [2.75, 3.05) is 19.6 Å². The van der Waals surface area contributed by atoms with Crippen LogP contribution in [-0.2, 0) is 0 Å². The number of nitrogens with one attached hydrogen (secondary N) is 1. The summed E-state index contributed by atoms with van der Waals surface area (Å²) in [4.78, 5) is 15.0. The first-order valence-electron chi connectivity index (χ1n) is 8.18. The van der Waals surface area contributed by atoms with Crippen molar-refractivity contribution in [3.8, 4) is 6.07 Å². The van der Waals surface area contributed by atoms with Crippen LogP contribution in [0.5, 0.6) is 0 Å². The van der Waals surface area contributed by atoms with Gasteiger partial charge in [-0.15, -0.1) is 0 Å². The second-order valence-corrected chi connectivity index (χ2v) is 6.71. The van der Waals surface area contributed by atoms with Crippen LogP contribution >= 0.6 is 0 Å². The molecule has 1 N–H and O–H groups in total.